The first kappa shape index (κ1) is 17.6. The van der Waals surface area contributed by atoms with Crippen molar-refractivity contribution >= 4 is 11.0 Å². The van der Waals surface area contributed by atoms with Gasteiger partial charge in [-0.1, -0.05) is 0 Å². The molecule has 2 heterocycles. The number of phenols is 1. The van der Waals surface area contributed by atoms with Crippen LogP contribution in [0.1, 0.15) is 5.56 Å². The fraction of sp³-hybridized carbons (Fsp3) is 0.438. The van der Waals surface area contributed by atoms with Gasteiger partial charge in [-0.25, -0.2) is 4.79 Å². The van der Waals surface area contributed by atoms with Gasteiger partial charge in [0.1, 0.15) is 41.5 Å². The van der Waals surface area contributed by atoms with Gasteiger partial charge >= 0.3 is 5.63 Å². The standard InChI is InChI=1S/C16H18O9/c1-6-2-7(18)3-8-12(6)9(4-11(19)23-8)24-16-15(22)14(21)13(20)10(5-17)25-16/h2-4,10,13-18,20-22H,5H2,1H3. The molecule has 1 aliphatic heterocycles. The number of aliphatic hydroxyl groups excluding tert-OH is 4. The zero-order valence-corrected chi connectivity index (χ0v) is 13.2. The van der Waals surface area contributed by atoms with Crippen LogP contribution in [0.3, 0.4) is 0 Å². The number of hydrogen-bond acceptors (Lipinski definition) is 9. The van der Waals surface area contributed by atoms with Crippen LogP contribution >= 0.6 is 0 Å². The van der Waals surface area contributed by atoms with Gasteiger partial charge in [0.15, 0.2) is 0 Å². The van der Waals surface area contributed by atoms with E-state index in [2.05, 4.69) is 0 Å². The maximum Gasteiger partial charge on any atom is 0.339 e. The fourth-order valence-corrected chi connectivity index (χ4v) is 2.83. The van der Waals surface area contributed by atoms with Crippen molar-refractivity contribution in [2.45, 2.75) is 37.6 Å². The molecule has 3 rings (SSSR count). The summed E-state index contributed by atoms with van der Waals surface area (Å²) in [6.45, 7) is 1.05. The molecule has 0 radical (unpaired) electrons. The van der Waals surface area contributed by atoms with Gasteiger partial charge in [0.25, 0.3) is 0 Å². The second kappa shape index (κ2) is 6.62. The summed E-state index contributed by atoms with van der Waals surface area (Å²) in [5, 5.41) is 48.9. The number of aromatic hydroxyl groups is 1. The number of phenolic OH excluding ortho intramolecular Hbond substituents is 1. The second-order valence-electron chi connectivity index (χ2n) is 5.88. The molecular formula is C16H18O9. The summed E-state index contributed by atoms with van der Waals surface area (Å²) < 4.78 is 15.8. The van der Waals surface area contributed by atoms with Crippen molar-refractivity contribution in [1.29, 1.82) is 0 Å². The summed E-state index contributed by atoms with van der Waals surface area (Å²) in [6.07, 6.45) is -7.31. The minimum atomic E-state index is -1.61. The Labute approximate surface area is 141 Å². The minimum absolute atomic E-state index is 0.00748. The molecule has 1 aromatic carbocycles. The lowest BCUT2D eigenvalue weighted by atomic mass is 9.99. The zero-order chi connectivity index (χ0) is 18.3. The van der Waals surface area contributed by atoms with Crippen LogP contribution in [0.4, 0.5) is 0 Å². The summed E-state index contributed by atoms with van der Waals surface area (Å²) in [6, 6.07) is 3.71. The first-order valence-electron chi connectivity index (χ1n) is 7.56. The van der Waals surface area contributed by atoms with Gasteiger partial charge in [-0.15, -0.1) is 0 Å². The summed E-state index contributed by atoms with van der Waals surface area (Å²) in [4.78, 5) is 11.7. The Morgan fingerprint density at radius 1 is 1.12 bits per heavy atom. The molecule has 9 heteroatoms. The van der Waals surface area contributed by atoms with Crippen molar-refractivity contribution in [3.8, 4) is 11.5 Å². The van der Waals surface area contributed by atoms with E-state index in [1.165, 1.54) is 12.1 Å². The summed E-state index contributed by atoms with van der Waals surface area (Å²) in [5.41, 5.74) is -0.139. The number of rotatable bonds is 3. The number of aliphatic hydroxyl groups is 4. The molecule has 0 amide bonds. The second-order valence-corrected chi connectivity index (χ2v) is 5.88. The van der Waals surface area contributed by atoms with Gasteiger partial charge in [-0.2, -0.15) is 0 Å². The highest BCUT2D eigenvalue weighted by Crippen LogP contribution is 2.33. The molecule has 1 aliphatic rings. The van der Waals surface area contributed by atoms with Crippen LogP contribution in [0.15, 0.2) is 27.4 Å². The molecule has 25 heavy (non-hydrogen) atoms. The van der Waals surface area contributed by atoms with E-state index in [0.717, 1.165) is 6.07 Å². The molecule has 9 nitrogen and oxygen atoms in total. The van der Waals surface area contributed by atoms with E-state index < -0.39 is 42.9 Å². The maximum atomic E-state index is 11.7. The molecule has 0 aliphatic carbocycles. The van der Waals surface area contributed by atoms with Gasteiger partial charge < -0.3 is 39.4 Å². The predicted octanol–water partition coefficient (Wildman–Crippen LogP) is -1.01. The molecule has 1 aromatic heterocycles. The van der Waals surface area contributed by atoms with Crippen LogP contribution in [0, 0.1) is 6.92 Å². The fourth-order valence-electron chi connectivity index (χ4n) is 2.83. The number of ether oxygens (including phenoxy) is 2. The lowest BCUT2D eigenvalue weighted by Crippen LogP contribution is -2.60. The van der Waals surface area contributed by atoms with Gasteiger partial charge in [0.05, 0.1) is 18.1 Å². The van der Waals surface area contributed by atoms with Crippen molar-refractivity contribution in [3.63, 3.8) is 0 Å². The molecule has 2 aromatic rings. The Morgan fingerprint density at radius 3 is 2.52 bits per heavy atom. The highest BCUT2D eigenvalue weighted by molar-refractivity contribution is 5.87. The number of aryl methyl sites for hydroxylation is 1. The van der Waals surface area contributed by atoms with E-state index in [-0.39, 0.29) is 17.1 Å². The Hall–Kier alpha value is -2.17. The van der Waals surface area contributed by atoms with Crippen LogP contribution in [0.25, 0.3) is 11.0 Å². The average molecular weight is 354 g/mol. The van der Waals surface area contributed by atoms with Crippen LogP contribution in [-0.4, -0.2) is 62.8 Å². The van der Waals surface area contributed by atoms with Crippen molar-refractivity contribution in [2.75, 3.05) is 6.61 Å². The smallest absolute Gasteiger partial charge is 0.339 e. The van der Waals surface area contributed by atoms with E-state index in [0.29, 0.717) is 10.9 Å². The highest BCUT2D eigenvalue weighted by Gasteiger charge is 2.44. The third-order valence-electron chi connectivity index (χ3n) is 4.08. The number of hydrogen-bond donors (Lipinski definition) is 5. The molecule has 0 saturated carbocycles. The Kier molecular flexibility index (Phi) is 4.67. The third-order valence-corrected chi connectivity index (χ3v) is 4.08. The Morgan fingerprint density at radius 2 is 1.84 bits per heavy atom. The van der Waals surface area contributed by atoms with Crippen molar-refractivity contribution < 1.29 is 39.4 Å². The molecule has 136 valence electrons. The van der Waals surface area contributed by atoms with Gasteiger partial charge in [-0.3, -0.25) is 0 Å². The quantitative estimate of drug-likeness (QED) is 0.437. The maximum absolute atomic E-state index is 11.7. The van der Waals surface area contributed by atoms with Crippen LogP contribution in [0.2, 0.25) is 0 Å². The molecule has 1 fully saturated rings. The van der Waals surface area contributed by atoms with Crippen molar-refractivity contribution in [1.82, 2.24) is 0 Å². The van der Waals surface area contributed by atoms with E-state index in [4.69, 9.17) is 13.9 Å². The molecule has 5 N–H and O–H groups in total. The summed E-state index contributed by atoms with van der Waals surface area (Å²) in [7, 11) is 0. The first-order valence-corrected chi connectivity index (χ1v) is 7.56. The van der Waals surface area contributed by atoms with Crippen LogP contribution in [-0.2, 0) is 4.74 Å². The lowest BCUT2D eigenvalue weighted by Gasteiger charge is -2.39. The summed E-state index contributed by atoms with van der Waals surface area (Å²) >= 11 is 0. The molecular weight excluding hydrogens is 336 g/mol. The van der Waals surface area contributed by atoms with Crippen LogP contribution in [0.5, 0.6) is 11.5 Å². The van der Waals surface area contributed by atoms with Crippen molar-refractivity contribution in [3.05, 3.63) is 34.2 Å². The third kappa shape index (κ3) is 3.20. The SMILES string of the molecule is Cc1cc(O)cc2oc(=O)cc(OC3OC(CO)C(O)C(O)C3O)c12. The lowest BCUT2D eigenvalue weighted by molar-refractivity contribution is -0.277. The number of benzene rings is 1. The molecule has 1 saturated heterocycles. The topological polar surface area (TPSA) is 150 Å². The number of fused-ring (bicyclic) bond motifs is 1. The predicted molar refractivity (Wildman–Crippen MR) is 83.3 cm³/mol. The molecule has 0 spiro atoms. The zero-order valence-electron chi connectivity index (χ0n) is 13.2. The minimum Gasteiger partial charge on any atom is -0.508 e. The van der Waals surface area contributed by atoms with Gasteiger partial charge in [0.2, 0.25) is 6.29 Å². The first-order chi connectivity index (χ1) is 11.8. The molecule has 5 unspecified atom stereocenters. The monoisotopic (exact) mass is 354 g/mol. The van der Waals surface area contributed by atoms with Gasteiger partial charge in [-0.05, 0) is 18.6 Å². The van der Waals surface area contributed by atoms with E-state index in [1.54, 1.807) is 6.92 Å². The van der Waals surface area contributed by atoms with Crippen molar-refractivity contribution in [2.24, 2.45) is 0 Å². The highest BCUT2D eigenvalue weighted by atomic mass is 16.7. The Bertz CT molecular complexity index is 828. The van der Waals surface area contributed by atoms with E-state index in [9.17, 15) is 30.3 Å². The summed E-state index contributed by atoms with van der Waals surface area (Å²) in [5.74, 6) is -0.0915. The van der Waals surface area contributed by atoms with E-state index in [1.807, 2.05) is 0 Å². The average Bonchev–Trinajstić information content (AvgIpc) is 2.54. The molecule has 0 bridgehead atoms. The van der Waals surface area contributed by atoms with Gasteiger partial charge in [0, 0.05) is 6.07 Å². The van der Waals surface area contributed by atoms with E-state index >= 15 is 0 Å². The largest absolute Gasteiger partial charge is 0.508 e. The Balaban J connectivity index is 2.01. The normalized spacial score (nSPS) is 29.7. The van der Waals surface area contributed by atoms with Crippen LogP contribution < -0.4 is 10.4 Å². The molecule has 5 atom stereocenters.